The number of benzene rings is 1. The lowest BCUT2D eigenvalue weighted by molar-refractivity contribution is -0.384. The first kappa shape index (κ1) is 14.3. The zero-order valence-corrected chi connectivity index (χ0v) is 10.3. The molecule has 1 aromatic carbocycles. The normalized spacial score (nSPS) is 9.00. The number of rotatable bonds is 3. The molecule has 1 rings (SSSR count). The summed E-state index contributed by atoms with van der Waals surface area (Å²) in [5, 5.41) is 15.4. The first-order chi connectivity index (χ1) is 7.15. The molecule has 0 aliphatic heterocycles. The van der Waals surface area contributed by atoms with Crippen molar-refractivity contribution in [2.24, 2.45) is 5.14 Å². The highest BCUT2D eigenvalue weighted by atomic mass is 32.2. The Bertz CT molecular complexity index is 289. The molecule has 15 heavy (non-hydrogen) atoms. The van der Waals surface area contributed by atoms with Gasteiger partial charge in [-0.3, -0.25) is 15.3 Å². The molecule has 6 heteroatoms. The van der Waals surface area contributed by atoms with Gasteiger partial charge in [0, 0.05) is 17.0 Å². The SMILES string of the molecule is CCSC.NSc1ccc([N+](=O)[O-])cc1. The quantitative estimate of drug-likeness (QED) is 0.504. The van der Waals surface area contributed by atoms with Gasteiger partial charge in [-0.25, -0.2) is 0 Å². The highest BCUT2D eigenvalue weighted by Crippen LogP contribution is 2.16. The second kappa shape index (κ2) is 8.58. The van der Waals surface area contributed by atoms with Crippen LogP contribution in [0.4, 0.5) is 5.69 Å². The second-order valence-corrected chi connectivity index (χ2v) is 4.31. The van der Waals surface area contributed by atoms with E-state index in [9.17, 15) is 10.1 Å². The molecule has 4 nitrogen and oxygen atoms in total. The molecule has 0 spiro atoms. The van der Waals surface area contributed by atoms with E-state index in [0.29, 0.717) is 0 Å². The Hall–Kier alpha value is -0.720. The number of hydrogen-bond donors (Lipinski definition) is 1. The van der Waals surface area contributed by atoms with Crippen molar-refractivity contribution < 1.29 is 4.92 Å². The standard InChI is InChI=1S/C6H6N2O2S.C3H8S/c7-11-6-3-1-5(2-4-6)8(9)10;1-3-4-2/h1-4H,7H2;3H2,1-2H3. The fourth-order valence-electron chi connectivity index (χ4n) is 0.646. The summed E-state index contributed by atoms with van der Waals surface area (Å²) >= 11 is 2.92. The average Bonchev–Trinajstić information content (AvgIpc) is 2.29. The lowest BCUT2D eigenvalue weighted by Gasteiger charge is -1.93. The molecule has 0 heterocycles. The summed E-state index contributed by atoms with van der Waals surface area (Å²) < 4.78 is 0. The van der Waals surface area contributed by atoms with Crippen LogP contribution in [0.1, 0.15) is 6.92 Å². The monoisotopic (exact) mass is 246 g/mol. The van der Waals surface area contributed by atoms with Gasteiger partial charge >= 0.3 is 0 Å². The predicted molar refractivity (Wildman–Crippen MR) is 67.2 cm³/mol. The highest BCUT2D eigenvalue weighted by molar-refractivity contribution is 7.98. The molecular weight excluding hydrogens is 232 g/mol. The van der Waals surface area contributed by atoms with E-state index >= 15 is 0 Å². The van der Waals surface area contributed by atoms with Gasteiger partial charge in [-0.05, 0) is 36.1 Å². The average molecular weight is 246 g/mol. The number of nitro groups is 1. The fraction of sp³-hybridized carbons (Fsp3) is 0.333. The summed E-state index contributed by atoms with van der Waals surface area (Å²) in [6.45, 7) is 2.14. The minimum atomic E-state index is -0.440. The molecule has 0 fully saturated rings. The van der Waals surface area contributed by atoms with Crippen LogP contribution in [0.2, 0.25) is 0 Å². The molecule has 0 amide bonds. The lowest BCUT2D eigenvalue weighted by atomic mass is 10.3. The first-order valence-electron chi connectivity index (χ1n) is 4.25. The Morgan fingerprint density at radius 2 is 1.87 bits per heavy atom. The molecular formula is C9H14N2O2S2. The zero-order valence-electron chi connectivity index (χ0n) is 8.67. The third-order valence-electron chi connectivity index (χ3n) is 1.47. The van der Waals surface area contributed by atoms with Crippen molar-refractivity contribution in [1.29, 1.82) is 0 Å². The zero-order chi connectivity index (χ0) is 11.7. The maximum atomic E-state index is 10.2. The topological polar surface area (TPSA) is 69.2 Å². The van der Waals surface area contributed by atoms with E-state index in [4.69, 9.17) is 5.14 Å². The van der Waals surface area contributed by atoms with Crippen LogP contribution in [-0.2, 0) is 0 Å². The third kappa shape index (κ3) is 6.38. The van der Waals surface area contributed by atoms with E-state index in [-0.39, 0.29) is 5.69 Å². The summed E-state index contributed by atoms with van der Waals surface area (Å²) in [5.41, 5.74) is 0.0859. The predicted octanol–water partition coefficient (Wildman–Crippen LogP) is 2.93. The molecule has 0 aliphatic carbocycles. The fourth-order valence-corrected chi connectivity index (χ4v) is 0.940. The smallest absolute Gasteiger partial charge is 0.269 e. The van der Waals surface area contributed by atoms with Crippen LogP contribution in [0.5, 0.6) is 0 Å². The molecule has 0 radical (unpaired) electrons. The van der Waals surface area contributed by atoms with Gasteiger partial charge in [0.05, 0.1) is 4.92 Å². The van der Waals surface area contributed by atoms with E-state index in [2.05, 4.69) is 13.2 Å². The summed E-state index contributed by atoms with van der Waals surface area (Å²) in [6.07, 6.45) is 2.10. The number of thioether (sulfide) groups is 1. The Labute approximate surface area is 97.9 Å². The Kier molecular flexibility index (Phi) is 8.17. The van der Waals surface area contributed by atoms with Gasteiger partial charge in [0.25, 0.3) is 5.69 Å². The third-order valence-corrected chi connectivity index (χ3v) is 2.59. The van der Waals surface area contributed by atoms with Gasteiger partial charge in [-0.15, -0.1) is 0 Å². The van der Waals surface area contributed by atoms with Gasteiger partial charge in [0.2, 0.25) is 0 Å². The summed E-state index contributed by atoms with van der Waals surface area (Å²) in [7, 11) is 0. The first-order valence-corrected chi connectivity index (χ1v) is 6.53. The summed E-state index contributed by atoms with van der Waals surface area (Å²) in [5.74, 6) is 1.24. The van der Waals surface area contributed by atoms with Crippen molar-refractivity contribution in [3.05, 3.63) is 34.4 Å². The molecule has 0 atom stereocenters. The number of non-ortho nitro benzene ring substituents is 1. The van der Waals surface area contributed by atoms with Crippen molar-refractivity contribution in [3.8, 4) is 0 Å². The summed E-state index contributed by atoms with van der Waals surface area (Å²) in [4.78, 5) is 10.5. The van der Waals surface area contributed by atoms with Gasteiger partial charge in [-0.2, -0.15) is 11.8 Å². The van der Waals surface area contributed by atoms with Crippen molar-refractivity contribution in [3.63, 3.8) is 0 Å². The summed E-state index contributed by atoms with van der Waals surface area (Å²) in [6, 6.07) is 6.08. The van der Waals surface area contributed by atoms with Gasteiger partial charge < -0.3 is 0 Å². The molecule has 2 N–H and O–H groups in total. The van der Waals surface area contributed by atoms with Crippen LogP contribution in [0.3, 0.4) is 0 Å². The minimum absolute atomic E-state index is 0.0859. The van der Waals surface area contributed by atoms with Crippen molar-refractivity contribution in [2.45, 2.75) is 11.8 Å². The van der Waals surface area contributed by atoms with Gasteiger partial charge in [0.1, 0.15) is 0 Å². The van der Waals surface area contributed by atoms with Crippen molar-refractivity contribution in [2.75, 3.05) is 12.0 Å². The Balaban J connectivity index is 0.000000423. The van der Waals surface area contributed by atoms with Crippen molar-refractivity contribution >= 4 is 29.4 Å². The molecule has 0 aliphatic rings. The molecule has 0 aromatic heterocycles. The molecule has 0 unspecified atom stereocenters. The van der Waals surface area contributed by atoms with E-state index in [1.807, 2.05) is 11.8 Å². The second-order valence-electron chi connectivity index (χ2n) is 2.45. The van der Waals surface area contributed by atoms with Gasteiger partial charge in [-0.1, -0.05) is 6.92 Å². The van der Waals surface area contributed by atoms with E-state index < -0.39 is 4.92 Å². The van der Waals surface area contributed by atoms with Crippen LogP contribution in [0, 0.1) is 10.1 Å². The lowest BCUT2D eigenvalue weighted by Crippen LogP contribution is -1.87. The molecule has 0 saturated carbocycles. The molecule has 0 saturated heterocycles. The number of nitrogens with zero attached hydrogens (tertiary/aromatic N) is 1. The molecule has 1 aromatic rings. The van der Waals surface area contributed by atoms with Crippen LogP contribution in [0.15, 0.2) is 29.2 Å². The van der Waals surface area contributed by atoms with Gasteiger partial charge in [0.15, 0.2) is 0 Å². The van der Waals surface area contributed by atoms with Crippen molar-refractivity contribution in [1.82, 2.24) is 0 Å². The van der Waals surface area contributed by atoms with E-state index in [1.165, 1.54) is 17.9 Å². The van der Waals surface area contributed by atoms with Crippen LogP contribution < -0.4 is 5.14 Å². The molecule has 84 valence electrons. The van der Waals surface area contributed by atoms with E-state index in [0.717, 1.165) is 16.8 Å². The van der Waals surface area contributed by atoms with Crippen LogP contribution in [0.25, 0.3) is 0 Å². The maximum absolute atomic E-state index is 10.2. The highest BCUT2D eigenvalue weighted by Gasteiger charge is 2.02. The Morgan fingerprint density at radius 1 is 1.40 bits per heavy atom. The Morgan fingerprint density at radius 3 is 2.13 bits per heavy atom. The van der Waals surface area contributed by atoms with Crippen LogP contribution in [-0.4, -0.2) is 16.9 Å². The largest absolute Gasteiger partial charge is 0.274 e. The maximum Gasteiger partial charge on any atom is 0.269 e. The molecule has 0 bridgehead atoms. The van der Waals surface area contributed by atoms with E-state index in [1.54, 1.807) is 12.1 Å². The minimum Gasteiger partial charge on any atom is -0.274 e. The number of nitro benzene ring substituents is 1. The van der Waals surface area contributed by atoms with Crippen LogP contribution >= 0.6 is 23.7 Å². The number of hydrogen-bond acceptors (Lipinski definition) is 5. The number of nitrogens with two attached hydrogens (primary N) is 1.